The molecule has 2 rings (SSSR count). The van der Waals surface area contributed by atoms with Crippen molar-refractivity contribution in [1.82, 2.24) is 4.90 Å². The van der Waals surface area contributed by atoms with Crippen LogP contribution in [-0.2, 0) is 0 Å². The van der Waals surface area contributed by atoms with E-state index in [9.17, 15) is 0 Å². The number of piperazine rings is 1. The summed E-state index contributed by atoms with van der Waals surface area (Å²) in [6, 6.07) is 10.6. The molecule has 80 valence electrons. The summed E-state index contributed by atoms with van der Waals surface area (Å²) in [6.07, 6.45) is 0. The summed E-state index contributed by atoms with van der Waals surface area (Å²) in [7, 11) is 2.68. The standard InChI is InChI=1S/C12H17N2P/c1-11(15)13-7-9-14(10-8-13)12-5-3-2-4-6-12/h2-6H,1,7-10,15H2. The summed E-state index contributed by atoms with van der Waals surface area (Å²) >= 11 is 0. The molecule has 0 radical (unpaired) electrons. The summed E-state index contributed by atoms with van der Waals surface area (Å²) in [4.78, 5) is 4.73. The zero-order valence-electron chi connectivity index (χ0n) is 8.89. The number of hydrogen-bond acceptors (Lipinski definition) is 2. The van der Waals surface area contributed by atoms with Gasteiger partial charge in [-0.25, -0.2) is 0 Å². The van der Waals surface area contributed by atoms with E-state index >= 15 is 0 Å². The molecule has 1 aromatic rings. The minimum absolute atomic E-state index is 1.07. The van der Waals surface area contributed by atoms with E-state index < -0.39 is 0 Å². The van der Waals surface area contributed by atoms with E-state index in [2.05, 4.69) is 56.0 Å². The van der Waals surface area contributed by atoms with Gasteiger partial charge in [0.25, 0.3) is 0 Å². The fraction of sp³-hybridized carbons (Fsp3) is 0.333. The lowest BCUT2D eigenvalue weighted by molar-refractivity contribution is 0.342. The Morgan fingerprint density at radius 3 is 2.20 bits per heavy atom. The van der Waals surface area contributed by atoms with Gasteiger partial charge < -0.3 is 9.80 Å². The molecule has 1 aliphatic rings. The second-order valence-corrected chi connectivity index (χ2v) is 4.47. The molecule has 0 aliphatic carbocycles. The van der Waals surface area contributed by atoms with Gasteiger partial charge in [-0.1, -0.05) is 34.0 Å². The van der Waals surface area contributed by atoms with Gasteiger partial charge in [0, 0.05) is 37.3 Å². The van der Waals surface area contributed by atoms with Crippen molar-refractivity contribution in [2.24, 2.45) is 0 Å². The highest BCUT2D eigenvalue weighted by atomic mass is 31.0. The largest absolute Gasteiger partial charge is 0.369 e. The SMILES string of the molecule is C=C(P)N1CCN(c2ccccc2)CC1. The first-order chi connectivity index (χ1) is 7.27. The van der Waals surface area contributed by atoms with Crippen LogP contribution in [0.4, 0.5) is 5.69 Å². The fourth-order valence-corrected chi connectivity index (χ4v) is 2.15. The molecule has 2 nitrogen and oxygen atoms in total. The van der Waals surface area contributed by atoms with Gasteiger partial charge in [-0.2, -0.15) is 0 Å². The Labute approximate surface area is 93.8 Å². The molecule has 1 unspecified atom stereocenters. The number of nitrogens with zero attached hydrogens (tertiary/aromatic N) is 2. The lowest BCUT2D eigenvalue weighted by Crippen LogP contribution is -2.44. The molecule has 0 aromatic heterocycles. The molecule has 1 atom stereocenters. The minimum atomic E-state index is 1.07. The van der Waals surface area contributed by atoms with Crippen LogP contribution in [0.3, 0.4) is 0 Å². The molecule has 0 bridgehead atoms. The van der Waals surface area contributed by atoms with Crippen LogP contribution >= 0.6 is 9.24 Å². The molecule has 0 spiro atoms. The Hall–Kier alpha value is -1.01. The van der Waals surface area contributed by atoms with Crippen LogP contribution in [0.5, 0.6) is 0 Å². The van der Waals surface area contributed by atoms with E-state index in [1.807, 2.05) is 0 Å². The highest BCUT2D eigenvalue weighted by Crippen LogP contribution is 2.18. The second-order valence-electron chi connectivity index (χ2n) is 3.80. The number of anilines is 1. The van der Waals surface area contributed by atoms with Crippen LogP contribution in [0.2, 0.25) is 0 Å². The van der Waals surface area contributed by atoms with Gasteiger partial charge in [-0.15, -0.1) is 0 Å². The maximum atomic E-state index is 3.95. The lowest BCUT2D eigenvalue weighted by atomic mass is 10.2. The Kier molecular flexibility index (Phi) is 3.27. The average molecular weight is 220 g/mol. The first-order valence-electron chi connectivity index (χ1n) is 5.27. The van der Waals surface area contributed by atoms with Crippen LogP contribution in [-0.4, -0.2) is 31.1 Å². The summed E-state index contributed by atoms with van der Waals surface area (Å²) in [6.45, 7) is 8.24. The van der Waals surface area contributed by atoms with Gasteiger partial charge in [-0.3, -0.25) is 0 Å². The topological polar surface area (TPSA) is 6.48 Å². The summed E-state index contributed by atoms with van der Waals surface area (Å²) in [5.41, 5.74) is 2.43. The van der Waals surface area contributed by atoms with Crippen LogP contribution in [0, 0.1) is 0 Å². The Balaban J connectivity index is 1.97. The third-order valence-electron chi connectivity index (χ3n) is 2.81. The van der Waals surface area contributed by atoms with Crippen molar-refractivity contribution in [2.45, 2.75) is 0 Å². The highest BCUT2D eigenvalue weighted by molar-refractivity contribution is 7.22. The zero-order valence-corrected chi connectivity index (χ0v) is 10.0. The third kappa shape index (κ3) is 2.51. The van der Waals surface area contributed by atoms with Crippen molar-refractivity contribution < 1.29 is 0 Å². The Morgan fingerprint density at radius 1 is 1.07 bits per heavy atom. The van der Waals surface area contributed by atoms with Crippen molar-refractivity contribution in [3.8, 4) is 0 Å². The van der Waals surface area contributed by atoms with Gasteiger partial charge in [-0.05, 0) is 12.1 Å². The minimum Gasteiger partial charge on any atom is -0.369 e. The molecule has 1 aliphatic heterocycles. The van der Waals surface area contributed by atoms with Gasteiger partial charge in [0.1, 0.15) is 0 Å². The van der Waals surface area contributed by atoms with Gasteiger partial charge in [0.05, 0.1) is 0 Å². The first-order valence-corrected chi connectivity index (χ1v) is 5.84. The normalized spacial score (nSPS) is 16.6. The van der Waals surface area contributed by atoms with E-state index in [-0.39, 0.29) is 0 Å². The van der Waals surface area contributed by atoms with E-state index in [1.165, 1.54) is 5.69 Å². The summed E-state index contributed by atoms with van der Waals surface area (Å²) in [5, 5.41) is 0. The van der Waals surface area contributed by atoms with Crippen LogP contribution < -0.4 is 4.90 Å². The maximum Gasteiger partial charge on any atom is 0.0367 e. The van der Waals surface area contributed by atoms with Crippen molar-refractivity contribution in [1.29, 1.82) is 0 Å². The van der Waals surface area contributed by atoms with Gasteiger partial charge >= 0.3 is 0 Å². The van der Waals surface area contributed by atoms with Crippen molar-refractivity contribution in [3.05, 3.63) is 42.3 Å². The Bertz CT molecular complexity index is 329. The maximum absolute atomic E-state index is 3.95. The summed E-state index contributed by atoms with van der Waals surface area (Å²) in [5.74, 6) is 0. The predicted molar refractivity (Wildman–Crippen MR) is 69.1 cm³/mol. The molecule has 1 fully saturated rings. The van der Waals surface area contributed by atoms with Crippen molar-refractivity contribution >= 4 is 14.9 Å². The molecular weight excluding hydrogens is 203 g/mol. The molecule has 1 heterocycles. The molecule has 0 amide bonds. The molecule has 15 heavy (non-hydrogen) atoms. The van der Waals surface area contributed by atoms with Gasteiger partial charge in [0.2, 0.25) is 0 Å². The first kappa shape index (κ1) is 10.5. The van der Waals surface area contributed by atoms with E-state index in [4.69, 9.17) is 0 Å². The second kappa shape index (κ2) is 4.67. The Morgan fingerprint density at radius 2 is 1.67 bits per heavy atom. The van der Waals surface area contributed by atoms with Crippen LogP contribution in [0.25, 0.3) is 0 Å². The monoisotopic (exact) mass is 220 g/mol. The average Bonchev–Trinajstić information content (AvgIpc) is 2.30. The molecular formula is C12H17N2P. The van der Waals surface area contributed by atoms with Crippen molar-refractivity contribution in [3.63, 3.8) is 0 Å². The number of para-hydroxylation sites is 1. The zero-order chi connectivity index (χ0) is 10.7. The van der Waals surface area contributed by atoms with Crippen molar-refractivity contribution in [2.75, 3.05) is 31.1 Å². The molecule has 3 heteroatoms. The quantitative estimate of drug-likeness (QED) is 0.705. The van der Waals surface area contributed by atoms with Gasteiger partial charge in [0.15, 0.2) is 0 Å². The van der Waals surface area contributed by atoms with Crippen LogP contribution in [0.1, 0.15) is 0 Å². The highest BCUT2D eigenvalue weighted by Gasteiger charge is 2.15. The van der Waals surface area contributed by atoms with E-state index in [0.717, 1.165) is 31.6 Å². The fourth-order valence-electron chi connectivity index (χ4n) is 1.89. The molecule has 1 aromatic carbocycles. The number of benzene rings is 1. The predicted octanol–water partition coefficient (Wildman–Crippen LogP) is 2.15. The molecule has 0 N–H and O–H groups in total. The van der Waals surface area contributed by atoms with Crippen LogP contribution in [0.15, 0.2) is 42.3 Å². The van der Waals surface area contributed by atoms with E-state index in [0.29, 0.717) is 0 Å². The summed E-state index contributed by atoms with van der Waals surface area (Å²) < 4.78 is 0. The van der Waals surface area contributed by atoms with E-state index in [1.54, 1.807) is 0 Å². The number of hydrogen-bond donors (Lipinski definition) is 0. The lowest BCUT2D eigenvalue weighted by Gasteiger charge is -2.37. The molecule has 1 saturated heterocycles. The third-order valence-corrected chi connectivity index (χ3v) is 3.17. The smallest absolute Gasteiger partial charge is 0.0367 e. The molecule has 0 saturated carbocycles. The number of rotatable bonds is 2.